The first-order valence-corrected chi connectivity index (χ1v) is 7.35. The number of rotatable bonds is 4. The Hall–Kier alpha value is -1.28. The second-order valence-electron chi connectivity index (χ2n) is 6.79. The second-order valence-corrected chi connectivity index (χ2v) is 7.23. The Labute approximate surface area is 125 Å². The zero-order valence-corrected chi connectivity index (χ0v) is 13.3. The number of furan rings is 1. The van der Waals surface area contributed by atoms with Gasteiger partial charge < -0.3 is 4.42 Å². The summed E-state index contributed by atoms with van der Waals surface area (Å²) in [6.07, 6.45) is 1.54. The molecule has 20 heavy (non-hydrogen) atoms. The Morgan fingerprint density at radius 1 is 1.30 bits per heavy atom. The molecule has 3 heteroatoms. The Morgan fingerprint density at radius 3 is 2.65 bits per heavy atom. The molecule has 0 saturated carbocycles. The van der Waals surface area contributed by atoms with Crippen LogP contribution in [0.3, 0.4) is 0 Å². The van der Waals surface area contributed by atoms with Gasteiger partial charge in [-0.05, 0) is 42.0 Å². The molecule has 1 atom stereocenters. The van der Waals surface area contributed by atoms with Crippen LogP contribution in [0.1, 0.15) is 51.1 Å². The molecular formula is C17H21ClO2. The maximum Gasteiger partial charge on any atom is 0.198 e. The normalized spacial score (nSPS) is 13.7. The number of carbonyl (C=O) groups excluding carboxylic acids is 1. The summed E-state index contributed by atoms with van der Waals surface area (Å²) >= 11 is 5.94. The fourth-order valence-corrected chi connectivity index (χ4v) is 2.87. The van der Waals surface area contributed by atoms with Crippen molar-refractivity contribution in [1.29, 1.82) is 0 Å². The molecule has 0 bridgehead atoms. The Balaban J connectivity index is 2.11. The van der Waals surface area contributed by atoms with E-state index in [-0.39, 0.29) is 11.2 Å². The van der Waals surface area contributed by atoms with E-state index in [2.05, 4.69) is 27.7 Å². The van der Waals surface area contributed by atoms with E-state index in [9.17, 15) is 4.79 Å². The molecule has 2 nitrogen and oxygen atoms in total. The highest BCUT2D eigenvalue weighted by Crippen LogP contribution is 2.28. The summed E-state index contributed by atoms with van der Waals surface area (Å²) in [6.45, 7) is 8.69. The van der Waals surface area contributed by atoms with Gasteiger partial charge >= 0.3 is 0 Å². The molecule has 0 fully saturated rings. The predicted molar refractivity (Wildman–Crippen MR) is 83.4 cm³/mol. The molecule has 1 unspecified atom stereocenters. The van der Waals surface area contributed by atoms with Crippen molar-refractivity contribution in [3.63, 3.8) is 0 Å². The van der Waals surface area contributed by atoms with Crippen molar-refractivity contribution < 1.29 is 9.21 Å². The van der Waals surface area contributed by atoms with Gasteiger partial charge in [0.25, 0.3) is 0 Å². The van der Waals surface area contributed by atoms with E-state index < -0.39 is 0 Å². The van der Waals surface area contributed by atoms with Gasteiger partial charge in [0.05, 0.1) is 0 Å². The molecule has 0 radical (unpaired) electrons. The lowest BCUT2D eigenvalue weighted by atomic mass is 9.83. The summed E-state index contributed by atoms with van der Waals surface area (Å²) in [5.41, 5.74) is 0.947. The van der Waals surface area contributed by atoms with Crippen molar-refractivity contribution in [2.75, 3.05) is 0 Å². The molecule has 108 valence electrons. The minimum absolute atomic E-state index is 0.0640. The van der Waals surface area contributed by atoms with Gasteiger partial charge in [-0.1, -0.05) is 39.3 Å². The van der Waals surface area contributed by atoms with Gasteiger partial charge in [0.15, 0.2) is 11.5 Å². The van der Waals surface area contributed by atoms with Crippen LogP contribution in [0.25, 0.3) is 11.0 Å². The SMILES string of the molecule is CC(CC(=O)c1cc2cc(Cl)ccc2o1)CC(C)(C)C. The molecule has 1 heterocycles. The maximum atomic E-state index is 12.3. The zero-order chi connectivity index (χ0) is 14.9. The van der Waals surface area contributed by atoms with Crippen LogP contribution in [-0.2, 0) is 0 Å². The van der Waals surface area contributed by atoms with E-state index in [1.807, 2.05) is 6.07 Å². The molecular weight excluding hydrogens is 272 g/mol. The predicted octanol–water partition coefficient (Wildman–Crippen LogP) is 5.73. The lowest BCUT2D eigenvalue weighted by molar-refractivity contribution is 0.0929. The number of hydrogen-bond acceptors (Lipinski definition) is 2. The minimum atomic E-state index is 0.0640. The highest BCUT2D eigenvalue weighted by molar-refractivity contribution is 6.31. The van der Waals surface area contributed by atoms with Crippen LogP contribution in [-0.4, -0.2) is 5.78 Å². The van der Waals surface area contributed by atoms with Crippen molar-refractivity contribution >= 4 is 28.4 Å². The van der Waals surface area contributed by atoms with Crippen molar-refractivity contribution in [2.45, 2.75) is 40.5 Å². The van der Waals surface area contributed by atoms with Crippen LogP contribution < -0.4 is 0 Å². The van der Waals surface area contributed by atoms with Gasteiger partial charge in [-0.15, -0.1) is 0 Å². The number of Topliss-reactive ketones (excluding diaryl/α,β-unsaturated/α-hetero) is 1. The molecule has 1 aromatic carbocycles. The number of ketones is 1. The van der Waals surface area contributed by atoms with Gasteiger partial charge in [-0.3, -0.25) is 4.79 Å². The number of halogens is 1. The monoisotopic (exact) mass is 292 g/mol. The fraction of sp³-hybridized carbons (Fsp3) is 0.471. The van der Waals surface area contributed by atoms with Crippen LogP contribution in [0.5, 0.6) is 0 Å². The van der Waals surface area contributed by atoms with Gasteiger partial charge in [0.1, 0.15) is 5.58 Å². The molecule has 0 N–H and O–H groups in total. The van der Waals surface area contributed by atoms with E-state index in [0.29, 0.717) is 28.7 Å². The lowest BCUT2D eigenvalue weighted by Gasteiger charge is -2.22. The number of carbonyl (C=O) groups is 1. The van der Waals surface area contributed by atoms with E-state index in [0.717, 1.165) is 11.8 Å². The smallest absolute Gasteiger partial charge is 0.198 e. The Morgan fingerprint density at radius 2 is 2.00 bits per heavy atom. The lowest BCUT2D eigenvalue weighted by Crippen LogP contribution is -2.14. The van der Waals surface area contributed by atoms with Crippen LogP contribution in [0.2, 0.25) is 5.02 Å². The molecule has 0 saturated heterocycles. The quantitative estimate of drug-likeness (QED) is 0.673. The van der Waals surface area contributed by atoms with Gasteiger partial charge in [0.2, 0.25) is 0 Å². The molecule has 0 aliphatic heterocycles. The van der Waals surface area contributed by atoms with E-state index in [1.54, 1.807) is 18.2 Å². The van der Waals surface area contributed by atoms with Gasteiger partial charge in [-0.25, -0.2) is 0 Å². The van der Waals surface area contributed by atoms with Gasteiger partial charge in [-0.2, -0.15) is 0 Å². The standard InChI is InChI=1S/C17H21ClO2/c1-11(10-17(2,3)4)7-14(19)16-9-12-8-13(18)5-6-15(12)20-16/h5-6,8-9,11H,7,10H2,1-4H3. The summed E-state index contributed by atoms with van der Waals surface area (Å²) in [7, 11) is 0. The van der Waals surface area contributed by atoms with E-state index in [4.69, 9.17) is 16.0 Å². The summed E-state index contributed by atoms with van der Waals surface area (Å²) in [4.78, 5) is 12.3. The number of fused-ring (bicyclic) bond motifs is 1. The van der Waals surface area contributed by atoms with Crippen LogP contribution in [0.15, 0.2) is 28.7 Å². The first-order valence-electron chi connectivity index (χ1n) is 6.97. The molecule has 0 spiro atoms. The second kappa shape index (κ2) is 5.61. The molecule has 0 aliphatic rings. The highest BCUT2D eigenvalue weighted by atomic mass is 35.5. The summed E-state index contributed by atoms with van der Waals surface area (Å²) in [5, 5.41) is 1.53. The third-order valence-electron chi connectivity index (χ3n) is 3.25. The average Bonchev–Trinajstić information content (AvgIpc) is 2.68. The van der Waals surface area contributed by atoms with Crippen molar-refractivity contribution in [1.82, 2.24) is 0 Å². The average molecular weight is 293 g/mol. The van der Waals surface area contributed by atoms with E-state index >= 15 is 0 Å². The summed E-state index contributed by atoms with van der Waals surface area (Å²) in [6, 6.07) is 7.17. The van der Waals surface area contributed by atoms with Crippen molar-refractivity contribution in [2.24, 2.45) is 11.3 Å². The fourth-order valence-electron chi connectivity index (χ4n) is 2.69. The van der Waals surface area contributed by atoms with E-state index in [1.165, 1.54) is 0 Å². The van der Waals surface area contributed by atoms with Crippen molar-refractivity contribution in [3.8, 4) is 0 Å². The maximum absolute atomic E-state index is 12.3. The molecule has 2 aromatic rings. The van der Waals surface area contributed by atoms with Crippen LogP contribution in [0.4, 0.5) is 0 Å². The third-order valence-corrected chi connectivity index (χ3v) is 3.48. The largest absolute Gasteiger partial charge is 0.453 e. The summed E-state index contributed by atoms with van der Waals surface area (Å²) in [5.74, 6) is 0.844. The summed E-state index contributed by atoms with van der Waals surface area (Å²) < 4.78 is 5.61. The Kier molecular flexibility index (Phi) is 4.24. The molecule has 2 rings (SSSR count). The first-order chi connectivity index (χ1) is 9.24. The zero-order valence-electron chi connectivity index (χ0n) is 12.5. The first kappa shape index (κ1) is 15.1. The number of benzene rings is 1. The third kappa shape index (κ3) is 3.86. The van der Waals surface area contributed by atoms with Crippen LogP contribution in [0, 0.1) is 11.3 Å². The molecule has 1 aromatic heterocycles. The number of hydrogen-bond donors (Lipinski definition) is 0. The van der Waals surface area contributed by atoms with Gasteiger partial charge in [0, 0.05) is 16.8 Å². The Bertz CT molecular complexity index is 619. The molecule has 0 aliphatic carbocycles. The highest BCUT2D eigenvalue weighted by Gasteiger charge is 2.20. The molecule has 0 amide bonds. The van der Waals surface area contributed by atoms with Crippen LogP contribution >= 0.6 is 11.6 Å². The topological polar surface area (TPSA) is 30.2 Å². The minimum Gasteiger partial charge on any atom is -0.453 e. The van der Waals surface area contributed by atoms with Crippen molar-refractivity contribution in [3.05, 3.63) is 35.0 Å².